The Balaban J connectivity index is 0.0000000875. The molecule has 0 saturated carbocycles. The molecule has 6 aliphatic carbocycles. The molecule has 0 N–H and O–H groups in total. The van der Waals surface area contributed by atoms with Gasteiger partial charge in [0.15, 0.2) is 0 Å². The standard InChI is InChI=1S/3C23H14N2.4C13H12N2/c1-3-9-17-15(7-1)16-8-2-4-10-18(16)23(17)19-11-5-13-24-21(19)22-20(23)12-6-14-25-22;1-3-8-18-15(6-1)16-7-2-4-9-19(16)23(18)20-11-13-24-14-17(20)22-21(23)10-5-12-25-22;1-3-7-19-15(5-1)16-6-2-4-8-20(16)23(19)21-9-11-24-13-17(21)18-14-25-12-10-22(18)23;1-2-15-12-8-4-3-6-10(12)11-7-5-9-14-13(11)15;1-2-15-11-7-4-3-6-10(11)13-12(15)8-5-9-14-13;1-2-15-12-6-4-3-5-10(12)11-9-14-8-7-13(11)15;1-2-15-12-6-4-3-5-10(12)11-7-8-14-9-13(11)15/h3*1-14H;4*3-9H,2H2,1H3. The lowest BCUT2D eigenvalue weighted by Crippen LogP contribution is -2.25. The van der Waals surface area contributed by atoms with Gasteiger partial charge < -0.3 is 18.3 Å². The van der Waals surface area contributed by atoms with Gasteiger partial charge in [-0.3, -0.25) is 44.9 Å². The van der Waals surface area contributed by atoms with Crippen LogP contribution in [0.5, 0.6) is 0 Å². The van der Waals surface area contributed by atoms with E-state index >= 15 is 0 Å². The van der Waals surface area contributed by atoms with E-state index in [1.54, 1.807) is 0 Å². The van der Waals surface area contributed by atoms with Gasteiger partial charge in [-0.05, 0) is 225 Å². The van der Waals surface area contributed by atoms with Gasteiger partial charge in [0.25, 0.3) is 0 Å². The number of nitrogens with zero attached hydrogens (tertiary/aromatic N) is 14. The Labute approximate surface area is 781 Å². The lowest BCUT2D eigenvalue weighted by atomic mass is 9.71. The molecule has 30 rings (SSSR count). The molecule has 0 fully saturated rings. The zero-order valence-electron chi connectivity index (χ0n) is 75.0. The molecule has 0 bridgehead atoms. The Bertz CT molecular complexity index is 7100. The number of benzene rings is 10. The monoisotopic (exact) mass is 1740 g/mol. The van der Waals surface area contributed by atoms with Crippen LogP contribution in [0.4, 0.5) is 0 Å². The van der Waals surface area contributed by atoms with Crippen molar-refractivity contribution < 1.29 is 0 Å². The van der Waals surface area contributed by atoms with E-state index in [0.29, 0.717) is 0 Å². The van der Waals surface area contributed by atoms with E-state index in [2.05, 4.69) is 384 Å². The second-order valence-electron chi connectivity index (χ2n) is 34.6. The van der Waals surface area contributed by atoms with Crippen LogP contribution in [-0.4, -0.2) is 68.1 Å². The topological polar surface area (TPSA) is 149 Å². The first-order valence-corrected chi connectivity index (χ1v) is 46.5. The zero-order chi connectivity index (χ0) is 90.3. The number of hydrogen-bond acceptors (Lipinski definition) is 10. The van der Waals surface area contributed by atoms with Gasteiger partial charge in [-0.2, -0.15) is 0 Å². The van der Waals surface area contributed by atoms with Crippen molar-refractivity contribution in [2.45, 2.75) is 70.1 Å². The molecule has 135 heavy (non-hydrogen) atoms. The van der Waals surface area contributed by atoms with Crippen LogP contribution in [-0.2, 0) is 42.4 Å². The lowest BCUT2D eigenvalue weighted by molar-refractivity contribution is 0.789. The average molecular weight is 1740 g/mol. The summed E-state index contributed by atoms with van der Waals surface area (Å²) in [5, 5.41) is 8.93. The molecule has 0 saturated heterocycles. The molecule has 14 aromatic heterocycles. The maximum Gasteiger partial charge on any atom is 0.140 e. The van der Waals surface area contributed by atoms with Gasteiger partial charge in [0.1, 0.15) is 5.65 Å². The molecule has 0 amide bonds. The summed E-state index contributed by atoms with van der Waals surface area (Å²) in [5.41, 5.74) is 40.4. The second-order valence-corrected chi connectivity index (χ2v) is 34.6. The van der Waals surface area contributed by atoms with Crippen molar-refractivity contribution in [3.8, 4) is 67.2 Å². The molecule has 24 aromatic rings. The van der Waals surface area contributed by atoms with E-state index in [4.69, 9.17) is 15.0 Å². The van der Waals surface area contributed by atoms with Crippen LogP contribution in [0.1, 0.15) is 94.5 Å². The third kappa shape index (κ3) is 12.3. The predicted molar refractivity (Wildman–Crippen MR) is 547 cm³/mol. The summed E-state index contributed by atoms with van der Waals surface area (Å²) in [7, 11) is 0. The van der Waals surface area contributed by atoms with Gasteiger partial charge in [-0.1, -0.05) is 237 Å². The van der Waals surface area contributed by atoms with Gasteiger partial charge in [0.05, 0.1) is 72.6 Å². The van der Waals surface area contributed by atoms with Crippen LogP contribution in [0.15, 0.2) is 427 Å². The zero-order valence-corrected chi connectivity index (χ0v) is 75.0. The maximum atomic E-state index is 4.73. The van der Waals surface area contributed by atoms with Gasteiger partial charge in [0, 0.05) is 178 Å². The fourth-order valence-corrected chi connectivity index (χ4v) is 23.2. The number of pyridine rings is 10. The van der Waals surface area contributed by atoms with Crippen molar-refractivity contribution in [1.82, 2.24) is 68.1 Å². The molecular weight excluding hydrogens is 1650 g/mol. The molecule has 3 spiro atoms. The Morgan fingerprint density at radius 2 is 0.459 bits per heavy atom. The highest BCUT2D eigenvalue weighted by Crippen LogP contribution is 2.65. The van der Waals surface area contributed by atoms with Crippen LogP contribution < -0.4 is 0 Å². The number of hydrogen-bond donors (Lipinski definition) is 0. The van der Waals surface area contributed by atoms with E-state index in [9.17, 15) is 0 Å². The molecule has 10 aromatic carbocycles. The fourth-order valence-electron chi connectivity index (χ4n) is 23.2. The van der Waals surface area contributed by atoms with E-state index in [1.165, 1.54) is 188 Å². The fraction of sp³-hybridized carbons (Fsp3) is 0.0909. The van der Waals surface area contributed by atoms with Crippen molar-refractivity contribution in [3.05, 3.63) is 493 Å². The molecule has 6 aliphatic rings. The van der Waals surface area contributed by atoms with E-state index in [1.807, 2.05) is 123 Å². The second kappa shape index (κ2) is 33.4. The summed E-state index contributed by atoms with van der Waals surface area (Å²) in [6.07, 6.45) is 28.5. The molecule has 0 aliphatic heterocycles. The average Bonchev–Trinajstić information content (AvgIpc) is 1.52. The number of rotatable bonds is 4. The Morgan fingerprint density at radius 1 is 0.178 bits per heavy atom. The van der Waals surface area contributed by atoms with Crippen LogP contribution in [0.25, 0.3) is 155 Å². The lowest BCUT2D eigenvalue weighted by Gasteiger charge is -2.30. The summed E-state index contributed by atoms with van der Waals surface area (Å²) in [6, 6.07) is 118. The number of aromatic nitrogens is 14. The van der Waals surface area contributed by atoms with Gasteiger partial charge in [-0.15, -0.1) is 0 Å². The van der Waals surface area contributed by atoms with Crippen molar-refractivity contribution in [1.29, 1.82) is 0 Å². The quantitative estimate of drug-likeness (QED) is 0.167. The third-order valence-electron chi connectivity index (χ3n) is 28.4. The summed E-state index contributed by atoms with van der Waals surface area (Å²) < 4.78 is 9.19. The number of para-hydroxylation sites is 4. The van der Waals surface area contributed by atoms with Gasteiger partial charge >= 0.3 is 0 Å². The molecule has 0 radical (unpaired) electrons. The first kappa shape index (κ1) is 81.2. The van der Waals surface area contributed by atoms with Crippen molar-refractivity contribution >= 4 is 87.5 Å². The van der Waals surface area contributed by atoms with Crippen molar-refractivity contribution in [2.75, 3.05) is 0 Å². The highest BCUT2D eigenvalue weighted by Gasteiger charge is 2.55. The SMILES string of the molecule is CCn1c2ccccc2c2cccnc21.CCn1c2ccccc2c2ccncc21.CCn1c2ccccc2c2cnccc21.CCn1c2ccccc2c2ncccc21.c1ccc2c(c1)-c1ccccc1C21c2cccnc2-c2ncccc21.c1ccc2c(c1)-c1ccccc1C21c2ccncc2-c2cnccc21.c1ccc2c(c1)-c1ccccc1C21c2ccncc2-c2ncccc21. The molecule has 14 heteroatoms. The van der Waals surface area contributed by atoms with Gasteiger partial charge in [0.2, 0.25) is 0 Å². The van der Waals surface area contributed by atoms with Crippen molar-refractivity contribution in [2.24, 2.45) is 0 Å². The minimum absolute atomic E-state index is 0.260. The maximum absolute atomic E-state index is 4.73. The normalized spacial score (nSPS) is 13.2. The molecule has 14 heterocycles. The Hall–Kier alpha value is -17.1. The van der Waals surface area contributed by atoms with Crippen LogP contribution in [0.2, 0.25) is 0 Å². The predicted octanol–water partition coefficient (Wildman–Crippen LogP) is 27.3. The van der Waals surface area contributed by atoms with Crippen molar-refractivity contribution in [3.63, 3.8) is 0 Å². The Morgan fingerprint density at radius 3 is 0.956 bits per heavy atom. The third-order valence-corrected chi connectivity index (χ3v) is 28.4. The largest absolute Gasteiger partial charge is 0.341 e. The molecule has 0 unspecified atom stereocenters. The minimum atomic E-state index is -0.305. The van der Waals surface area contributed by atoms with E-state index < -0.39 is 0 Å². The minimum Gasteiger partial charge on any atom is -0.341 e. The molecular formula is C121H90N14. The number of fused-ring (bicyclic) bond motifs is 42. The van der Waals surface area contributed by atoms with E-state index in [0.717, 1.165) is 60.0 Å². The van der Waals surface area contributed by atoms with Gasteiger partial charge in [-0.25, -0.2) is 4.98 Å². The van der Waals surface area contributed by atoms with E-state index in [-0.39, 0.29) is 16.2 Å². The summed E-state index contributed by atoms with van der Waals surface area (Å²) >= 11 is 0. The van der Waals surface area contributed by atoms with Crippen LogP contribution in [0, 0.1) is 0 Å². The Kier molecular flexibility index (Phi) is 20.1. The summed E-state index contributed by atoms with van der Waals surface area (Å²) in [6.45, 7) is 12.6. The first-order valence-electron chi connectivity index (χ1n) is 46.5. The smallest absolute Gasteiger partial charge is 0.140 e. The molecule has 14 nitrogen and oxygen atoms in total. The highest BCUT2D eigenvalue weighted by molar-refractivity contribution is 6.10. The van der Waals surface area contributed by atoms with Crippen LogP contribution in [0.3, 0.4) is 0 Å². The molecule has 0 atom stereocenters. The molecule has 644 valence electrons. The number of aryl methyl sites for hydroxylation is 4. The van der Waals surface area contributed by atoms with Crippen LogP contribution >= 0.6 is 0 Å². The summed E-state index contributed by atoms with van der Waals surface area (Å²) in [5.74, 6) is 0. The summed E-state index contributed by atoms with van der Waals surface area (Å²) in [4.78, 5) is 44.6. The first-order chi connectivity index (χ1) is 66.9. The highest BCUT2D eigenvalue weighted by atomic mass is 15.0.